The number of halogens is 2. The van der Waals surface area contributed by atoms with E-state index in [9.17, 15) is 9.59 Å². The van der Waals surface area contributed by atoms with Crippen LogP contribution in [0.1, 0.15) is 91.4 Å². The van der Waals surface area contributed by atoms with Crippen molar-refractivity contribution in [1.82, 2.24) is 4.90 Å². The molecule has 1 aliphatic heterocycles. The monoisotopic (exact) mass is 624 g/mol. The Bertz CT molecular complexity index is 1340. The number of benzene rings is 3. The van der Waals surface area contributed by atoms with E-state index < -0.39 is 6.09 Å². The van der Waals surface area contributed by atoms with E-state index in [1.54, 1.807) is 42.5 Å². The van der Waals surface area contributed by atoms with Crippen LogP contribution in [-0.2, 0) is 11.3 Å². The Morgan fingerprint density at radius 1 is 0.953 bits per heavy atom. The normalized spacial score (nSPS) is 14.8. The maximum atomic E-state index is 12.8. The predicted molar refractivity (Wildman–Crippen MR) is 173 cm³/mol. The summed E-state index contributed by atoms with van der Waals surface area (Å²) >= 11 is 12.4. The molecule has 1 fully saturated rings. The highest BCUT2D eigenvalue weighted by Crippen LogP contribution is 2.28. The van der Waals surface area contributed by atoms with Crippen LogP contribution >= 0.6 is 23.2 Å². The van der Waals surface area contributed by atoms with E-state index in [0.29, 0.717) is 39.4 Å². The summed E-state index contributed by atoms with van der Waals surface area (Å²) in [6.07, 6.45) is 7.60. The summed E-state index contributed by atoms with van der Waals surface area (Å²) in [6.45, 7) is 5.61. The molecule has 43 heavy (non-hydrogen) atoms. The predicted octanol–water partition coefficient (Wildman–Crippen LogP) is 9.01. The smallest absolute Gasteiger partial charge is 0.405 e. The molecule has 8 heteroatoms. The molecule has 0 aliphatic carbocycles. The van der Waals surface area contributed by atoms with Crippen LogP contribution in [0.2, 0.25) is 10.0 Å². The summed E-state index contributed by atoms with van der Waals surface area (Å²) < 4.78 is 11.6. The number of hydrogen-bond acceptors (Lipinski definition) is 5. The average molecular weight is 626 g/mol. The van der Waals surface area contributed by atoms with Crippen LogP contribution in [0, 0.1) is 5.92 Å². The molecule has 3 aromatic carbocycles. The van der Waals surface area contributed by atoms with Crippen molar-refractivity contribution in [2.45, 2.75) is 70.9 Å². The minimum atomic E-state index is -0.724. The van der Waals surface area contributed by atoms with E-state index >= 15 is 0 Å². The number of piperidine rings is 1. The highest BCUT2D eigenvalue weighted by atomic mass is 35.5. The van der Waals surface area contributed by atoms with Crippen molar-refractivity contribution in [3.8, 4) is 5.75 Å². The van der Waals surface area contributed by atoms with Crippen LogP contribution in [0.4, 0.5) is 4.79 Å². The van der Waals surface area contributed by atoms with Crippen molar-refractivity contribution in [2.24, 2.45) is 11.7 Å². The standard InChI is InChI=1S/C35H42Cl2N2O4/c1-2-3-4-5-6-10-33(43-35(38)41)28-9-7-8-26(21-28)23-39-19-17-25(18-20-39)24-42-30-15-16-31(32(37)22-30)34(40)27-11-13-29(36)14-12-27/h7-9,11-16,21-22,25,33H,2-6,10,17-20,23-24H2,1H3,(H2,38,41). The Balaban J connectivity index is 1.24. The van der Waals surface area contributed by atoms with Gasteiger partial charge in [0.2, 0.25) is 0 Å². The molecule has 1 aliphatic rings. The molecule has 230 valence electrons. The third-order valence-corrected chi connectivity index (χ3v) is 8.61. The Morgan fingerprint density at radius 2 is 1.70 bits per heavy atom. The van der Waals surface area contributed by atoms with Gasteiger partial charge in [0.05, 0.1) is 11.6 Å². The van der Waals surface area contributed by atoms with E-state index in [1.165, 1.54) is 24.8 Å². The van der Waals surface area contributed by atoms with Gasteiger partial charge in [0.15, 0.2) is 5.78 Å². The fraction of sp³-hybridized carbons (Fsp3) is 0.429. The first-order chi connectivity index (χ1) is 20.8. The van der Waals surface area contributed by atoms with Gasteiger partial charge in [-0.3, -0.25) is 9.69 Å². The molecule has 0 spiro atoms. The van der Waals surface area contributed by atoms with Gasteiger partial charge in [-0.2, -0.15) is 0 Å². The summed E-state index contributed by atoms with van der Waals surface area (Å²) in [5, 5.41) is 0.949. The number of hydrogen-bond donors (Lipinski definition) is 1. The molecule has 2 N–H and O–H groups in total. The Hall–Kier alpha value is -3.06. The second kappa shape index (κ2) is 16.7. The molecule has 4 rings (SSSR count). The zero-order valence-electron chi connectivity index (χ0n) is 24.9. The molecular weight excluding hydrogens is 583 g/mol. The van der Waals surface area contributed by atoms with Crippen molar-refractivity contribution in [2.75, 3.05) is 19.7 Å². The first-order valence-electron chi connectivity index (χ1n) is 15.3. The molecule has 1 atom stereocenters. The van der Waals surface area contributed by atoms with Gasteiger partial charge in [0.25, 0.3) is 0 Å². The van der Waals surface area contributed by atoms with Crippen LogP contribution in [0.5, 0.6) is 5.75 Å². The van der Waals surface area contributed by atoms with Gasteiger partial charge in [-0.15, -0.1) is 0 Å². The molecule has 6 nitrogen and oxygen atoms in total. The van der Waals surface area contributed by atoms with Crippen molar-refractivity contribution in [3.05, 3.63) is 99.0 Å². The summed E-state index contributed by atoms with van der Waals surface area (Å²) in [6, 6.07) is 20.4. The first kappa shape index (κ1) is 32.8. The summed E-state index contributed by atoms with van der Waals surface area (Å²) in [5.74, 6) is 0.956. The Kier molecular flexibility index (Phi) is 12.8. The maximum Gasteiger partial charge on any atom is 0.405 e. The molecule has 1 amide bonds. The topological polar surface area (TPSA) is 81.9 Å². The number of primary amides is 1. The zero-order chi connectivity index (χ0) is 30.6. The molecule has 3 aromatic rings. The van der Waals surface area contributed by atoms with Gasteiger partial charge in [-0.25, -0.2) is 4.79 Å². The number of ether oxygens (including phenoxy) is 2. The average Bonchev–Trinajstić information content (AvgIpc) is 3.00. The maximum absolute atomic E-state index is 12.8. The molecular formula is C35H42Cl2N2O4. The third-order valence-electron chi connectivity index (χ3n) is 8.04. The van der Waals surface area contributed by atoms with Crippen molar-refractivity contribution < 1.29 is 19.1 Å². The quantitative estimate of drug-likeness (QED) is 0.135. The van der Waals surface area contributed by atoms with E-state index in [0.717, 1.165) is 57.3 Å². The summed E-state index contributed by atoms with van der Waals surface area (Å²) in [4.78, 5) is 26.9. The van der Waals surface area contributed by atoms with Crippen LogP contribution in [-0.4, -0.2) is 36.5 Å². The second-order valence-electron chi connectivity index (χ2n) is 11.4. The lowest BCUT2D eigenvalue weighted by Gasteiger charge is -2.32. The van der Waals surface area contributed by atoms with Crippen LogP contribution in [0.15, 0.2) is 66.7 Å². The lowest BCUT2D eigenvalue weighted by atomic mass is 9.96. The highest BCUT2D eigenvalue weighted by Gasteiger charge is 2.22. The van der Waals surface area contributed by atoms with Gasteiger partial charge in [-0.05, 0) is 98.3 Å². The Morgan fingerprint density at radius 3 is 2.40 bits per heavy atom. The summed E-state index contributed by atoms with van der Waals surface area (Å²) in [5.41, 5.74) is 8.59. The minimum absolute atomic E-state index is 0.149. The minimum Gasteiger partial charge on any atom is -0.493 e. The van der Waals surface area contributed by atoms with E-state index in [-0.39, 0.29) is 11.9 Å². The van der Waals surface area contributed by atoms with Crippen LogP contribution in [0.25, 0.3) is 0 Å². The number of carbonyl (C=O) groups excluding carboxylic acids is 2. The lowest BCUT2D eigenvalue weighted by Crippen LogP contribution is -2.35. The van der Waals surface area contributed by atoms with E-state index in [4.69, 9.17) is 38.4 Å². The molecule has 0 saturated carbocycles. The molecule has 1 heterocycles. The Labute approximate surface area is 265 Å². The fourth-order valence-electron chi connectivity index (χ4n) is 5.57. The zero-order valence-corrected chi connectivity index (χ0v) is 26.4. The number of ketones is 1. The first-order valence-corrected chi connectivity index (χ1v) is 16.1. The molecule has 0 radical (unpaired) electrons. The number of rotatable bonds is 15. The van der Waals surface area contributed by atoms with Gasteiger partial charge < -0.3 is 15.2 Å². The van der Waals surface area contributed by atoms with Crippen molar-refractivity contribution >= 4 is 35.1 Å². The molecule has 0 aromatic heterocycles. The number of amides is 1. The largest absolute Gasteiger partial charge is 0.493 e. The number of unbranched alkanes of at least 4 members (excludes halogenated alkanes) is 4. The number of likely N-dealkylation sites (tertiary alicyclic amines) is 1. The van der Waals surface area contributed by atoms with Gasteiger partial charge in [0, 0.05) is 22.7 Å². The van der Waals surface area contributed by atoms with Crippen LogP contribution < -0.4 is 10.5 Å². The fourth-order valence-corrected chi connectivity index (χ4v) is 5.95. The van der Waals surface area contributed by atoms with E-state index in [1.807, 2.05) is 12.1 Å². The molecule has 1 saturated heterocycles. The molecule has 0 bridgehead atoms. The molecule has 1 unspecified atom stereocenters. The number of nitrogens with two attached hydrogens (primary N) is 1. The van der Waals surface area contributed by atoms with E-state index in [2.05, 4.69) is 24.0 Å². The highest BCUT2D eigenvalue weighted by molar-refractivity contribution is 6.35. The lowest BCUT2D eigenvalue weighted by molar-refractivity contribution is 0.0990. The van der Waals surface area contributed by atoms with Gasteiger partial charge >= 0.3 is 6.09 Å². The van der Waals surface area contributed by atoms with Crippen molar-refractivity contribution in [3.63, 3.8) is 0 Å². The second-order valence-corrected chi connectivity index (χ2v) is 12.2. The van der Waals surface area contributed by atoms with Crippen molar-refractivity contribution in [1.29, 1.82) is 0 Å². The van der Waals surface area contributed by atoms with Gasteiger partial charge in [-0.1, -0.05) is 80.1 Å². The summed E-state index contributed by atoms with van der Waals surface area (Å²) in [7, 11) is 0. The third kappa shape index (κ3) is 10.3. The SMILES string of the molecule is CCCCCCCC(OC(N)=O)c1cccc(CN2CCC(COc3ccc(C(=O)c4ccc(Cl)cc4)c(Cl)c3)CC2)c1. The number of nitrogens with zero attached hydrogens (tertiary/aromatic N) is 1. The van der Waals surface area contributed by atoms with Crippen LogP contribution in [0.3, 0.4) is 0 Å². The number of carbonyl (C=O) groups is 2. The van der Waals surface area contributed by atoms with Gasteiger partial charge in [0.1, 0.15) is 11.9 Å².